The van der Waals surface area contributed by atoms with Crippen molar-refractivity contribution < 1.29 is 0 Å². The van der Waals surface area contributed by atoms with Gasteiger partial charge in [-0.15, -0.1) is 22.7 Å². The molecule has 0 amide bonds. The Kier molecular flexibility index (Phi) is 3.79. The van der Waals surface area contributed by atoms with Crippen LogP contribution >= 0.6 is 22.7 Å². The number of rotatable bonds is 3. The second-order valence-electron chi connectivity index (χ2n) is 5.85. The summed E-state index contributed by atoms with van der Waals surface area (Å²) in [6.45, 7) is 4.29. The van der Waals surface area contributed by atoms with E-state index < -0.39 is 0 Å². The van der Waals surface area contributed by atoms with Crippen LogP contribution in [0.1, 0.15) is 9.75 Å². The molecule has 0 aliphatic heterocycles. The van der Waals surface area contributed by atoms with Gasteiger partial charge in [0.15, 0.2) is 0 Å². The lowest BCUT2D eigenvalue weighted by Crippen LogP contribution is -1.99. The van der Waals surface area contributed by atoms with Crippen LogP contribution in [0.3, 0.4) is 0 Å². The molecule has 24 heavy (non-hydrogen) atoms. The SMILES string of the molecule is Cc1ccc(-c2ccc(-c3ccc(C)s3)n2-c2cccc(N)c2)s1. The summed E-state index contributed by atoms with van der Waals surface area (Å²) in [4.78, 5) is 5.18. The van der Waals surface area contributed by atoms with Gasteiger partial charge in [-0.25, -0.2) is 0 Å². The highest BCUT2D eigenvalue weighted by atomic mass is 32.1. The summed E-state index contributed by atoms with van der Waals surface area (Å²) >= 11 is 3.64. The van der Waals surface area contributed by atoms with Gasteiger partial charge in [0.05, 0.1) is 21.1 Å². The van der Waals surface area contributed by atoms with Gasteiger partial charge in [0, 0.05) is 21.1 Å². The predicted octanol–water partition coefficient (Wildman–Crippen LogP) is 6.13. The number of nitrogens with two attached hydrogens (primary N) is 1. The Morgan fingerprint density at radius 2 is 1.33 bits per heavy atom. The third-order valence-corrected chi connectivity index (χ3v) is 6.04. The molecule has 0 saturated heterocycles. The van der Waals surface area contributed by atoms with E-state index in [1.807, 2.05) is 40.9 Å². The number of thiophene rings is 2. The van der Waals surface area contributed by atoms with Gasteiger partial charge in [0.2, 0.25) is 0 Å². The molecule has 0 unspecified atom stereocenters. The van der Waals surface area contributed by atoms with Crippen LogP contribution in [0.2, 0.25) is 0 Å². The van der Waals surface area contributed by atoms with E-state index in [1.165, 1.54) is 30.9 Å². The molecule has 3 heterocycles. The smallest absolute Gasteiger partial charge is 0.0635 e. The fourth-order valence-corrected chi connectivity index (χ4v) is 4.67. The van der Waals surface area contributed by atoms with E-state index in [0.717, 1.165) is 11.4 Å². The molecule has 0 atom stereocenters. The van der Waals surface area contributed by atoms with E-state index in [4.69, 9.17) is 5.73 Å². The zero-order valence-electron chi connectivity index (χ0n) is 13.6. The highest BCUT2D eigenvalue weighted by Gasteiger charge is 2.16. The predicted molar refractivity (Wildman–Crippen MR) is 106 cm³/mol. The second kappa shape index (κ2) is 5.96. The van der Waals surface area contributed by atoms with Gasteiger partial charge in [0.25, 0.3) is 0 Å². The lowest BCUT2D eigenvalue weighted by atomic mass is 10.2. The topological polar surface area (TPSA) is 30.9 Å². The molecule has 2 nitrogen and oxygen atoms in total. The van der Waals surface area contributed by atoms with Gasteiger partial charge in [-0.1, -0.05) is 6.07 Å². The molecule has 0 aliphatic rings. The average Bonchev–Trinajstić information content (AvgIpc) is 3.25. The Morgan fingerprint density at radius 3 is 1.79 bits per heavy atom. The molecule has 4 rings (SSSR count). The quantitative estimate of drug-likeness (QED) is 0.442. The van der Waals surface area contributed by atoms with Gasteiger partial charge in [-0.3, -0.25) is 0 Å². The normalized spacial score (nSPS) is 11.1. The molecule has 2 N–H and O–H groups in total. The molecule has 0 bridgehead atoms. The van der Waals surface area contributed by atoms with Crippen LogP contribution in [-0.2, 0) is 0 Å². The third-order valence-electron chi connectivity index (χ3n) is 3.99. The maximum Gasteiger partial charge on any atom is 0.0635 e. The summed E-state index contributed by atoms with van der Waals surface area (Å²) in [5, 5.41) is 0. The number of aromatic nitrogens is 1. The number of benzene rings is 1. The Labute approximate surface area is 149 Å². The minimum Gasteiger partial charge on any atom is -0.399 e. The fourth-order valence-electron chi connectivity index (χ4n) is 2.91. The summed E-state index contributed by atoms with van der Waals surface area (Å²) < 4.78 is 2.31. The fraction of sp³-hybridized carbons (Fsp3) is 0.100. The number of nitrogen functional groups attached to an aromatic ring is 1. The van der Waals surface area contributed by atoms with Crippen molar-refractivity contribution in [2.45, 2.75) is 13.8 Å². The van der Waals surface area contributed by atoms with Gasteiger partial charge >= 0.3 is 0 Å². The van der Waals surface area contributed by atoms with Crippen molar-refractivity contribution in [1.82, 2.24) is 4.57 Å². The van der Waals surface area contributed by atoms with Crippen molar-refractivity contribution in [2.75, 3.05) is 5.73 Å². The maximum atomic E-state index is 6.04. The van der Waals surface area contributed by atoms with E-state index in [1.54, 1.807) is 0 Å². The Balaban J connectivity index is 1.97. The molecule has 1 aromatic carbocycles. The van der Waals surface area contributed by atoms with Gasteiger partial charge in [-0.2, -0.15) is 0 Å². The summed E-state index contributed by atoms with van der Waals surface area (Å²) in [6.07, 6.45) is 0. The number of nitrogens with zero attached hydrogens (tertiary/aromatic N) is 1. The molecule has 0 spiro atoms. The molecule has 120 valence electrons. The molecule has 0 radical (unpaired) electrons. The lowest BCUT2D eigenvalue weighted by molar-refractivity contribution is 1.10. The maximum absolute atomic E-state index is 6.04. The molecule has 0 fully saturated rings. The number of anilines is 1. The van der Waals surface area contributed by atoms with E-state index in [-0.39, 0.29) is 0 Å². The van der Waals surface area contributed by atoms with Gasteiger partial charge < -0.3 is 10.3 Å². The number of aryl methyl sites for hydroxylation is 2. The zero-order valence-corrected chi connectivity index (χ0v) is 15.2. The standard InChI is InChI=1S/C20H18N2S2/c1-13-6-10-19(23-13)17-8-9-18(20-11-7-14(2)24-20)22(17)16-5-3-4-15(21)12-16/h3-12H,21H2,1-2H3. The first kappa shape index (κ1) is 15.2. The van der Waals surface area contributed by atoms with Crippen molar-refractivity contribution in [3.8, 4) is 26.8 Å². The zero-order chi connectivity index (χ0) is 16.7. The Morgan fingerprint density at radius 1 is 0.750 bits per heavy atom. The highest BCUT2D eigenvalue weighted by molar-refractivity contribution is 7.15. The van der Waals surface area contributed by atoms with Crippen LogP contribution in [0.5, 0.6) is 0 Å². The lowest BCUT2D eigenvalue weighted by Gasteiger charge is -2.13. The average molecular weight is 351 g/mol. The van der Waals surface area contributed by atoms with Gasteiger partial charge in [0.1, 0.15) is 0 Å². The van der Waals surface area contributed by atoms with Crippen molar-refractivity contribution in [1.29, 1.82) is 0 Å². The first-order valence-corrected chi connectivity index (χ1v) is 9.46. The van der Waals surface area contributed by atoms with Crippen LogP contribution in [0.4, 0.5) is 5.69 Å². The molecule has 0 saturated carbocycles. The van der Waals surface area contributed by atoms with Crippen LogP contribution in [0.15, 0.2) is 60.7 Å². The van der Waals surface area contributed by atoms with Gasteiger partial charge in [-0.05, 0) is 68.4 Å². The second-order valence-corrected chi connectivity index (χ2v) is 8.43. The molecular formula is C20H18N2S2. The van der Waals surface area contributed by atoms with E-state index >= 15 is 0 Å². The molecular weight excluding hydrogens is 332 g/mol. The molecule has 3 aromatic heterocycles. The minimum atomic E-state index is 0.780. The van der Waals surface area contributed by atoms with Crippen molar-refractivity contribution in [3.05, 3.63) is 70.4 Å². The van der Waals surface area contributed by atoms with Crippen molar-refractivity contribution >= 4 is 28.4 Å². The van der Waals surface area contributed by atoms with Crippen LogP contribution in [-0.4, -0.2) is 4.57 Å². The first-order valence-electron chi connectivity index (χ1n) is 7.83. The van der Waals surface area contributed by atoms with Crippen LogP contribution in [0.25, 0.3) is 26.8 Å². The van der Waals surface area contributed by atoms with Crippen LogP contribution < -0.4 is 5.73 Å². The summed E-state index contributed by atoms with van der Waals surface area (Å²) in [5.74, 6) is 0. The van der Waals surface area contributed by atoms with E-state index in [0.29, 0.717) is 0 Å². The van der Waals surface area contributed by atoms with E-state index in [2.05, 4.69) is 60.9 Å². The van der Waals surface area contributed by atoms with Crippen molar-refractivity contribution in [3.63, 3.8) is 0 Å². The minimum absolute atomic E-state index is 0.780. The Bertz CT molecular complexity index is 947. The van der Waals surface area contributed by atoms with E-state index in [9.17, 15) is 0 Å². The first-order chi connectivity index (χ1) is 11.6. The monoisotopic (exact) mass is 350 g/mol. The largest absolute Gasteiger partial charge is 0.399 e. The Hall–Kier alpha value is -2.30. The highest BCUT2D eigenvalue weighted by Crippen LogP contribution is 2.37. The van der Waals surface area contributed by atoms with Crippen molar-refractivity contribution in [2.24, 2.45) is 0 Å². The summed E-state index contributed by atoms with van der Waals surface area (Å²) in [7, 11) is 0. The molecule has 4 aromatic rings. The summed E-state index contributed by atoms with van der Waals surface area (Å²) in [6, 6.07) is 21.2. The molecule has 0 aliphatic carbocycles. The number of hydrogen-bond acceptors (Lipinski definition) is 3. The third kappa shape index (κ3) is 2.68. The summed E-state index contributed by atoms with van der Waals surface area (Å²) in [5.41, 5.74) is 10.3. The van der Waals surface area contributed by atoms with Crippen LogP contribution in [0, 0.1) is 13.8 Å². The number of hydrogen-bond donors (Lipinski definition) is 1. The molecule has 4 heteroatoms.